The summed E-state index contributed by atoms with van der Waals surface area (Å²) in [5, 5.41) is 12.3. The van der Waals surface area contributed by atoms with Gasteiger partial charge in [-0.05, 0) is 25.5 Å². The number of rotatable bonds is 5. The zero-order valence-corrected chi connectivity index (χ0v) is 11.8. The van der Waals surface area contributed by atoms with E-state index in [-0.39, 0.29) is 11.9 Å². The SMILES string of the molecule is CCc1cc(C(=O)NC(C)c2ncn[nH]2)cc(NC)n1. The number of aryl methyl sites for hydroxylation is 1. The molecule has 0 spiro atoms. The second-order valence-electron chi connectivity index (χ2n) is 4.40. The Morgan fingerprint density at radius 1 is 1.45 bits per heavy atom. The molecule has 2 aromatic heterocycles. The number of carbonyl (C=O) groups is 1. The van der Waals surface area contributed by atoms with Crippen molar-refractivity contribution in [2.45, 2.75) is 26.3 Å². The Kier molecular flexibility index (Phi) is 4.29. The Hall–Kier alpha value is -2.44. The zero-order chi connectivity index (χ0) is 14.5. The smallest absolute Gasteiger partial charge is 0.252 e. The number of H-pyrrole nitrogens is 1. The number of anilines is 1. The number of pyridine rings is 1. The molecule has 7 nitrogen and oxygen atoms in total. The summed E-state index contributed by atoms with van der Waals surface area (Å²) < 4.78 is 0. The first-order chi connectivity index (χ1) is 9.63. The first-order valence-corrected chi connectivity index (χ1v) is 6.49. The third-order valence-electron chi connectivity index (χ3n) is 2.95. The summed E-state index contributed by atoms with van der Waals surface area (Å²) in [5.74, 6) is 1.14. The van der Waals surface area contributed by atoms with Crippen LogP contribution in [0.2, 0.25) is 0 Å². The van der Waals surface area contributed by atoms with Crippen LogP contribution in [0.4, 0.5) is 5.82 Å². The molecule has 2 heterocycles. The van der Waals surface area contributed by atoms with Crippen molar-refractivity contribution in [2.24, 2.45) is 0 Å². The maximum absolute atomic E-state index is 12.3. The summed E-state index contributed by atoms with van der Waals surface area (Å²) in [5.41, 5.74) is 1.45. The highest BCUT2D eigenvalue weighted by Crippen LogP contribution is 2.13. The number of hydrogen-bond donors (Lipinski definition) is 3. The molecule has 0 fully saturated rings. The van der Waals surface area contributed by atoms with Crippen LogP contribution < -0.4 is 10.6 Å². The van der Waals surface area contributed by atoms with Crippen LogP contribution in [0.15, 0.2) is 18.5 Å². The van der Waals surface area contributed by atoms with E-state index in [9.17, 15) is 4.79 Å². The van der Waals surface area contributed by atoms with Gasteiger partial charge in [-0.15, -0.1) is 0 Å². The van der Waals surface area contributed by atoms with Crippen LogP contribution in [0.1, 0.15) is 41.8 Å². The Labute approximate surface area is 117 Å². The molecule has 0 radical (unpaired) electrons. The lowest BCUT2D eigenvalue weighted by Gasteiger charge is -2.12. The standard InChI is InChI=1S/C13H18N6O/c1-4-10-5-9(6-11(14-3)18-10)13(20)17-8(2)12-15-7-16-19-12/h5-8H,4H2,1-3H3,(H,14,18)(H,17,20)(H,15,16,19). The Bertz CT molecular complexity index is 558. The molecule has 0 saturated heterocycles. The Balaban J connectivity index is 2.16. The van der Waals surface area contributed by atoms with Crippen molar-refractivity contribution >= 4 is 11.7 Å². The molecule has 1 atom stereocenters. The molecule has 20 heavy (non-hydrogen) atoms. The maximum atomic E-state index is 12.3. The van der Waals surface area contributed by atoms with E-state index < -0.39 is 0 Å². The molecule has 2 rings (SSSR count). The second kappa shape index (κ2) is 6.14. The molecule has 0 saturated carbocycles. The molecule has 0 aromatic carbocycles. The van der Waals surface area contributed by atoms with Crippen LogP contribution in [0.25, 0.3) is 0 Å². The number of amides is 1. The molecule has 0 aliphatic heterocycles. The van der Waals surface area contributed by atoms with E-state index in [1.807, 2.05) is 13.8 Å². The number of hydrogen-bond acceptors (Lipinski definition) is 5. The molecular weight excluding hydrogens is 256 g/mol. The van der Waals surface area contributed by atoms with Crippen molar-refractivity contribution in [2.75, 3.05) is 12.4 Å². The molecule has 106 valence electrons. The fourth-order valence-corrected chi connectivity index (χ4v) is 1.80. The molecule has 7 heteroatoms. The van der Waals surface area contributed by atoms with E-state index in [2.05, 4.69) is 30.8 Å². The van der Waals surface area contributed by atoms with Crippen molar-refractivity contribution in [1.29, 1.82) is 0 Å². The lowest BCUT2D eigenvalue weighted by Crippen LogP contribution is -2.27. The van der Waals surface area contributed by atoms with Gasteiger partial charge in [0.15, 0.2) is 0 Å². The first-order valence-electron chi connectivity index (χ1n) is 6.49. The van der Waals surface area contributed by atoms with Gasteiger partial charge in [0.2, 0.25) is 0 Å². The quantitative estimate of drug-likeness (QED) is 0.763. The van der Waals surface area contributed by atoms with Gasteiger partial charge in [-0.25, -0.2) is 9.97 Å². The maximum Gasteiger partial charge on any atom is 0.252 e. The van der Waals surface area contributed by atoms with Crippen LogP contribution in [-0.2, 0) is 6.42 Å². The van der Waals surface area contributed by atoms with Crippen LogP contribution in [0, 0.1) is 0 Å². The minimum absolute atomic E-state index is 0.164. The summed E-state index contributed by atoms with van der Waals surface area (Å²) in [6, 6.07) is 3.28. The summed E-state index contributed by atoms with van der Waals surface area (Å²) in [6.45, 7) is 3.85. The fraction of sp³-hybridized carbons (Fsp3) is 0.385. The van der Waals surface area contributed by atoms with Crippen LogP contribution >= 0.6 is 0 Å². The Morgan fingerprint density at radius 2 is 2.25 bits per heavy atom. The number of aromatic nitrogens is 4. The van der Waals surface area contributed by atoms with Crippen LogP contribution in [-0.4, -0.2) is 33.1 Å². The molecule has 0 aliphatic carbocycles. The molecular formula is C13H18N6O. The molecule has 0 aliphatic rings. The van der Waals surface area contributed by atoms with E-state index in [0.29, 0.717) is 17.2 Å². The predicted octanol–water partition coefficient (Wildman–Crippen LogP) is 1.29. The summed E-state index contributed by atoms with van der Waals surface area (Å²) in [6.07, 6.45) is 2.19. The summed E-state index contributed by atoms with van der Waals surface area (Å²) in [7, 11) is 1.78. The van der Waals surface area contributed by atoms with Crippen LogP contribution in [0.5, 0.6) is 0 Å². The highest BCUT2D eigenvalue weighted by atomic mass is 16.1. The van der Waals surface area contributed by atoms with Gasteiger partial charge in [-0.3, -0.25) is 9.89 Å². The average Bonchev–Trinajstić information content (AvgIpc) is 3.00. The van der Waals surface area contributed by atoms with Crippen molar-refractivity contribution < 1.29 is 4.79 Å². The molecule has 0 bridgehead atoms. The second-order valence-corrected chi connectivity index (χ2v) is 4.40. The molecule has 1 unspecified atom stereocenters. The zero-order valence-electron chi connectivity index (χ0n) is 11.8. The third kappa shape index (κ3) is 3.11. The number of nitrogens with one attached hydrogen (secondary N) is 3. The van der Waals surface area contributed by atoms with E-state index >= 15 is 0 Å². The highest BCUT2D eigenvalue weighted by molar-refractivity contribution is 5.95. The van der Waals surface area contributed by atoms with E-state index in [0.717, 1.165) is 12.1 Å². The van der Waals surface area contributed by atoms with Crippen molar-refractivity contribution in [1.82, 2.24) is 25.5 Å². The highest BCUT2D eigenvalue weighted by Gasteiger charge is 2.14. The number of carbonyl (C=O) groups excluding carboxylic acids is 1. The van der Waals surface area contributed by atoms with Crippen LogP contribution in [0.3, 0.4) is 0 Å². The topological polar surface area (TPSA) is 95.6 Å². The van der Waals surface area contributed by atoms with Gasteiger partial charge >= 0.3 is 0 Å². The predicted molar refractivity (Wildman–Crippen MR) is 75.4 cm³/mol. The van der Waals surface area contributed by atoms with Gasteiger partial charge in [0.25, 0.3) is 5.91 Å². The van der Waals surface area contributed by atoms with Crippen molar-refractivity contribution in [3.05, 3.63) is 35.5 Å². The van der Waals surface area contributed by atoms with Gasteiger partial charge in [0, 0.05) is 18.3 Å². The van der Waals surface area contributed by atoms with Crippen molar-refractivity contribution in [3.8, 4) is 0 Å². The monoisotopic (exact) mass is 274 g/mol. The van der Waals surface area contributed by atoms with E-state index in [4.69, 9.17) is 0 Å². The van der Waals surface area contributed by atoms with E-state index in [1.54, 1.807) is 19.2 Å². The lowest BCUT2D eigenvalue weighted by molar-refractivity contribution is 0.0938. The minimum Gasteiger partial charge on any atom is -0.373 e. The first kappa shape index (κ1) is 14.0. The normalized spacial score (nSPS) is 11.9. The van der Waals surface area contributed by atoms with Gasteiger partial charge in [0.05, 0.1) is 6.04 Å². The lowest BCUT2D eigenvalue weighted by atomic mass is 10.1. The molecule has 1 amide bonds. The molecule has 2 aromatic rings. The fourth-order valence-electron chi connectivity index (χ4n) is 1.80. The average molecular weight is 274 g/mol. The molecule has 3 N–H and O–H groups in total. The summed E-state index contributed by atoms with van der Waals surface area (Å²) >= 11 is 0. The number of nitrogens with zero attached hydrogens (tertiary/aromatic N) is 3. The minimum atomic E-state index is -0.235. The largest absolute Gasteiger partial charge is 0.373 e. The van der Waals surface area contributed by atoms with Gasteiger partial charge in [0.1, 0.15) is 18.0 Å². The van der Waals surface area contributed by atoms with E-state index in [1.165, 1.54) is 6.33 Å². The van der Waals surface area contributed by atoms with Gasteiger partial charge in [-0.1, -0.05) is 6.92 Å². The van der Waals surface area contributed by atoms with Gasteiger partial charge < -0.3 is 10.6 Å². The summed E-state index contributed by atoms with van der Waals surface area (Å²) in [4.78, 5) is 20.6. The Morgan fingerprint density at radius 3 is 2.85 bits per heavy atom. The number of aromatic amines is 1. The van der Waals surface area contributed by atoms with Crippen molar-refractivity contribution in [3.63, 3.8) is 0 Å². The third-order valence-corrected chi connectivity index (χ3v) is 2.95. The van der Waals surface area contributed by atoms with Gasteiger partial charge in [-0.2, -0.15) is 5.10 Å².